The van der Waals surface area contributed by atoms with Crippen molar-refractivity contribution in [3.05, 3.63) is 17.0 Å². The van der Waals surface area contributed by atoms with Crippen molar-refractivity contribution in [2.45, 2.75) is 26.7 Å². The second kappa shape index (κ2) is 8.71. The average Bonchev–Trinajstić information content (AvgIpc) is 2.84. The molecule has 0 saturated heterocycles. The lowest BCUT2D eigenvalue weighted by molar-refractivity contribution is -0.117. The summed E-state index contributed by atoms with van der Waals surface area (Å²) >= 11 is 1.33. The number of hydrogen-bond donors (Lipinski definition) is 1. The van der Waals surface area contributed by atoms with Crippen LogP contribution in [0.2, 0.25) is 0 Å². The molecule has 0 unspecified atom stereocenters. The molecule has 0 radical (unpaired) electrons. The fourth-order valence-electron chi connectivity index (χ4n) is 1.69. The summed E-state index contributed by atoms with van der Waals surface area (Å²) in [6.07, 6.45) is 2.17. The first-order chi connectivity index (χ1) is 9.58. The van der Waals surface area contributed by atoms with Gasteiger partial charge in [-0.3, -0.25) is 9.69 Å². The third-order valence-electron chi connectivity index (χ3n) is 2.72. The van der Waals surface area contributed by atoms with Crippen molar-refractivity contribution >= 4 is 28.2 Å². The predicted molar refractivity (Wildman–Crippen MR) is 81.3 cm³/mol. The molecule has 6 heteroatoms. The first-order valence-corrected chi connectivity index (χ1v) is 7.69. The molecule has 1 aromatic rings. The molecule has 1 heterocycles. The number of nitrogens with one attached hydrogen (secondary N) is 1. The quantitative estimate of drug-likeness (QED) is 0.749. The Hall–Kier alpha value is -1.40. The van der Waals surface area contributed by atoms with E-state index in [1.54, 1.807) is 18.4 Å². The molecule has 0 aliphatic carbocycles. The van der Waals surface area contributed by atoms with Gasteiger partial charge in [-0.15, -0.1) is 11.3 Å². The largest absolute Gasteiger partial charge is 0.462 e. The molecule has 0 fully saturated rings. The van der Waals surface area contributed by atoms with E-state index in [0.717, 1.165) is 19.4 Å². The maximum absolute atomic E-state index is 11.9. The molecule has 1 rings (SSSR count). The zero-order valence-electron chi connectivity index (χ0n) is 12.3. The molecule has 0 bridgehead atoms. The van der Waals surface area contributed by atoms with Gasteiger partial charge in [0.15, 0.2) is 0 Å². The molecule has 112 valence electrons. The predicted octanol–water partition coefficient (Wildman–Crippen LogP) is 2.60. The van der Waals surface area contributed by atoms with Crippen LogP contribution >= 0.6 is 11.3 Å². The van der Waals surface area contributed by atoms with Crippen LogP contribution in [0.5, 0.6) is 0 Å². The fourth-order valence-corrected chi connectivity index (χ4v) is 2.49. The van der Waals surface area contributed by atoms with Crippen LogP contribution in [0, 0.1) is 0 Å². The molecule has 0 spiro atoms. The second-order valence-corrected chi connectivity index (χ2v) is 5.44. The Balaban J connectivity index is 2.54. The van der Waals surface area contributed by atoms with Crippen LogP contribution in [-0.2, 0) is 9.53 Å². The summed E-state index contributed by atoms with van der Waals surface area (Å²) in [7, 11) is 1.91. The van der Waals surface area contributed by atoms with Crippen LogP contribution in [-0.4, -0.2) is 43.5 Å². The van der Waals surface area contributed by atoms with Gasteiger partial charge in [0, 0.05) is 0 Å². The maximum atomic E-state index is 11.9. The summed E-state index contributed by atoms with van der Waals surface area (Å²) in [4.78, 5) is 25.6. The van der Waals surface area contributed by atoms with Gasteiger partial charge in [0.2, 0.25) is 5.91 Å². The number of esters is 1. The standard InChI is InChI=1S/C14H22N2O3S/c1-4-6-8-16(3)10-12(17)15-13-11(7-9-20-13)14(18)19-5-2/h7,9H,4-6,8,10H2,1-3H3,(H,15,17). The summed E-state index contributed by atoms with van der Waals surface area (Å²) in [5.41, 5.74) is 0.418. The normalized spacial score (nSPS) is 10.6. The molecule has 20 heavy (non-hydrogen) atoms. The van der Waals surface area contributed by atoms with Gasteiger partial charge >= 0.3 is 5.97 Å². The molecule has 0 aliphatic rings. The number of amides is 1. The van der Waals surface area contributed by atoms with Crippen LogP contribution in [0.1, 0.15) is 37.0 Å². The van der Waals surface area contributed by atoms with Crippen LogP contribution in [0.4, 0.5) is 5.00 Å². The summed E-state index contributed by atoms with van der Waals surface area (Å²) < 4.78 is 4.95. The van der Waals surface area contributed by atoms with Crippen molar-refractivity contribution in [1.82, 2.24) is 4.90 Å². The summed E-state index contributed by atoms with van der Waals surface area (Å²) in [5.74, 6) is -0.514. The Bertz CT molecular complexity index is 445. The highest BCUT2D eigenvalue weighted by Crippen LogP contribution is 2.23. The van der Waals surface area contributed by atoms with Gasteiger partial charge in [-0.05, 0) is 38.4 Å². The zero-order chi connectivity index (χ0) is 15.0. The lowest BCUT2D eigenvalue weighted by atomic mass is 10.3. The first kappa shape index (κ1) is 16.7. The minimum Gasteiger partial charge on any atom is -0.462 e. The highest BCUT2D eigenvalue weighted by atomic mass is 32.1. The van der Waals surface area contributed by atoms with Gasteiger partial charge in [-0.25, -0.2) is 4.79 Å². The number of hydrogen-bond acceptors (Lipinski definition) is 5. The number of likely N-dealkylation sites (N-methyl/N-ethyl adjacent to an activating group) is 1. The van der Waals surface area contributed by atoms with Crippen LogP contribution in [0.25, 0.3) is 0 Å². The minimum atomic E-state index is -0.400. The summed E-state index contributed by atoms with van der Waals surface area (Å²) in [5, 5.41) is 5.09. The van der Waals surface area contributed by atoms with Crippen molar-refractivity contribution in [1.29, 1.82) is 0 Å². The molecule has 0 saturated carbocycles. The van der Waals surface area contributed by atoms with Gasteiger partial charge in [0.1, 0.15) is 5.00 Å². The number of rotatable bonds is 8. The molecule has 0 atom stereocenters. The fraction of sp³-hybridized carbons (Fsp3) is 0.571. The molecule has 1 N–H and O–H groups in total. The van der Waals surface area contributed by atoms with Gasteiger partial charge < -0.3 is 10.1 Å². The van der Waals surface area contributed by atoms with Crippen LogP contribution in [0.3, 0.4) is 0 Å². The van der Waals surface area contributed by atoms with E-state index >= 15 is 0 Å². The number of anilines is 1. The van der Waals surface area contributed by atoms with Gasteiger partial charge in [0.25, 0.3) is 0 Å². The minimum absolute atomic E-state index is 0.114. The Morgan fingerprint density at radius 3 is 2.80 bits per heavy atom. The van der Waals surface area contributed by atoms with Crippen molar-refractivity contribution in [3.8, 4) is 0 Å². The molecule has 1 amide bonds. The highest BCUT2D eigenvalue weighted by molar-refractivity contribution is 7.14. The summed E-state index contributed by atoms with van der Waals surface area (Å²) in [6.45, 7) is 5.40. The van der Waals surface area contributed by atoms with E-state index in [1.807, 2.05) is 11.9 Å². The topological polar surface area (TPSA) is 58.6 Å². The molecular formula is C14H22N2O3S. The number of thiophene rings is 1. The van der Waals surface area contributed by atoms with E-state index in [4.69, 9.17) is 4.74 Å². The van der Waals surface area contributed by atoms with Crippen LogP contribution < -0.4 is 5.32 Å². The van der Waals surface area contributed by atoms with Crippen molar-refractivity contribution in [2.75, 3.05) is 32.1 Å². The second-order valence-electron chi connectivity index (χ2n) is 4.52. The first-order valence-electron chi connectivity index (χ1n) is 6.81. The number of carbonyl (C=O) groups is 2. The van der Waals surface area contributed by atoms with E-state index in [-0.39, 0.29) is 5.91 Å². The van der Waals surface area contributed by atoms with Gasteiger partial charge in [0.05, 0.1) is 18.7 Å². The van der Waals surface area contributed by atoms with Gasteiger partial charge in [-0.2, -0.15) is 0 Å². The van der Waals surface area contributed by atoms with E-state index in [9.17, 15) is 9.59 Å². The molecule has 1 aromatic heterocycles. The lowest BCUT2D eigenvalue weighted by Gasteiger charge is -2.15. The maximum Gasteiger partial charge on any atom is 0.341 e. The Morgan fingerprint density at radius 2 is 2.15 bits per heavy atom. The lowest BCUT2D eigenvalue weighted by Crippen LogP contribution is -2.31. The molecular weight excluding hydrogens is 276 g/mol. The Labute approximate surface area is 123 Å². The molecule has 5 nitrogen and oxygen atoms in total. The zero-order valence-corrected chi connectivity index (χ0v) is 13.1. The van der Waals surface area contributed by atoms with Gasteiger partial charge in [-0.1, -0.05) is 13.3 Å². The highest BCUT2D eigenvalue weighted by Gasteiger charge is 2.16. The van der Waals surface area contributed by atoms with E-state index < -0.39 is 5.97 Å². The van der Waals surface area contributed by atoms with E-state index in [0.29, 0.717) is 23.7 Å². The number of ether oxygens (including phenoxy) is 1. The van der Waals surface area contributed by atoms with E-state index in [2.05, 4.69) is 12.2 Å². The monoisotopic (exact) mass is 298 g/mol. The molecule has 0 aromatic carbocycles. The van der Waals surface area contributed by atoms with E-state index in [1.165, 1.54) is 11.3 Å². The van der Waals surface area contributed by atoms with Crippen molar-refractivity contribution < 1.29 is 14.3 Å². The Morgan fingerprint density at radius 1 is 1.40 bits per heavy atom. The number of unbranched alkanes of at least 4 members (excludes halogenated alkanes) is 1. The third-order valence-corrected chi connectivity index (χ3v) is 3.55. The number of nitrogens with zero attached hydrogens (tertiary/aromatic N) is 1. The smallest absolute Gasteiger partial charge is 0.341 e. The van der Waals surface area contributed by atoms with Crippen molar-refractivity contribution in [2.24, 2.45) is 0 Å². The van der Waals surface area contributed by atoms with Crippen molar-refractivity contribution in [3.63, 3.8) is 0 Å². The molecule has 0 aliphatic heterocycles. The van der Waals surface area contributed by atoms with Crippen LogP contribution in [0.15, 0.2) is 11.4 Å². The third kappa shape index (κ3) is 5.30. The number of carbonyl (C=O) groups excluding carboxylic acids is 2. The Kier molecular flexibility index (Phi) is 7.25. The summed E-state index contributed by atoms with van der Waals surface area (Å²) in [6, 6.07) is 1.67. The SMILES string of the molecule is CCCCN(C)CC(=O)Nc1sccc1C(=O)OCC. The average molecular weight is 298 g/mol.